The fraction of sp³-hybridized carbons (Fsp3) is 0.581. The zero-order valence-corrected chi connectivity index (χ0v) is 23.0. The fourth-order valence-electron chi connectivity index (χ4n) is 6.11. The molecule has 2 amide bonds. The van der Waals surface area contributed by atoms with Crippen molar-refractivity contribution in [3.8, 4) is 11.3 Å². The highest BCUT2D eigenvalue weighted by Gasteiger charge is 2.40. The summed E-state index contributed by atoms with van der Waals surface area (Å²) in [6.45, 7) is 8.18. The van der Waals surface area contributed by atoms with Gasteiger partial charge in [0.15, 0.2) is 0 Å². The Hall–Kier alpha value is -3.09. The van der Waals surface area contributed by atoms with E-state index in [2.05, 4.69) is 28.2 Å². The van der Waals surface area contributed by atoms with E-state index in [0.29, 0.717) is 42.9 Å². The quantitative estimate of drug-likeness (QED) is 0.418. The molecule has 3 fully saturated rings. The summed E-state index contributed by atoms with van der Waals surface area (Å²) in [6.07, 6.45) is 9.67. The van der Waals surface area contributed by atoms with Gasteiger partial charge in [-0.2, -0.15) is 0 Å². The van der Waals surface area contributed by atoms with Crippen molar-refractivity contribution in [2.45, 2.75) is 103 Å². The number of aromatic nitrogens is 1. The highest BCUT2D eigenvalue weighted by molar-refractivity contribution is 5.98. The fourth-order valence-corrected chi connectivity index (χ4v) is 6.11. The first-order chi connectivity index (χ1) is 18.3. The Morgan fingerprint density at radius 1 is 1.08 bits per heavy atom. The number of nitrogens with one attached hydrogen (secondary N) is 2. The number of ether oxygens (including phenoxy) is 1. The van der Waals surface area contributed by atoms with Crippen LogP contribution in [0.3, 0.4) is 0 Å². The van der Waals surface area contributed by atoms with E-state index in [1.807, 2.05) is 32.0 Å². The molecule has 7 heteroatoms. The molecule has 2 aromatic rings. The van der Waals surface area contributed by atoms with Crippen molar-refractivity contribution < 1.29 is 19.1 Å². The van der Waals surface area contributed by atoms with E-state index >= 15 is 0 Å². The zero-order valence-electron chi connectivity index (χ0n) is 23.0. The van der Waals surface area contributed by atoms with E-state index in [1.54, 1.807) is 0 Å². The minimum atomic E-state index is -0.107. The van der Waals surface area contributed by atoms with Gasteiger partial charge in [-0.15, -0.1) is 0 Å². The van der Waals surface area contributed by atoms with Crippen molar-refractivity contribution in [2.24, 2.45) is 5.92 Å². The second-order valence-electron chi connectivity index (χ2n) is 11.9. The molecule has 7 nitrogen and oxygen atoms in total. The van der Waals surface area contributed by atoms with Crippen molar-refractivity contribution in [3.05, 3.63) is 46.6 Å². The van der Waals surface area contributed by atoms with E-state index in [9.17, 15) is 14.4 Å². The van der Waals surface area contributed by atoms with E-state index < -0.39 is 0 Å². The predicted octanol–water partition coefficient (Wildman–Crippen LogP) is 5.28. The lowest BCUT2D eigenvalue weighted by molar-refractivity contribution is -0.138. The van der Waals surface area contributed by atoms with Gasteiger partial charge < -0.3 is 19.9 Å². The summed E-state index contributed by atoms with van der Waals surface area (Å²) >= 11 is 0. The van der Waals surface area contributed by atoms with Crippen molar-refractivity contribution in [1.82, 2.24) is 15.2 Å². The average Bonchev–Trinajstić information content (AvgIpc) is 3.57. The van der Waals surface area contributed by atoms with Crippen molar-refractivity contribution in [1.29, 1.82) is 0 Å². The van der Waals surface area contributed by atoms with E-state index in [0.717, 1.165) is 36.3 Å². The summed E-state index contributed by atoms with van der Waals surface area (Å²) in [5, 5.41) is 6.10. The van der Waals surface area contributed by atoms with Gasteiger partial charge in [-0.25, -0.2) is 0 Å². The number of hydrogen-bond acceptors (Lipinski definition) is 4. The lowest BCUT2D eigenvalue weighted by atomic mass is 9.89. The normalized spacial score (nSPS) is 22.3. The van der Waals surface area contributed by atoms with Crippen LogP contribution in [0.4, 0.5) is 0 Å². The minimum absolute atomic E-state index is 0.0134. The molecule has 0 unspecified atom stereocenters. The summed E-state index contributed by atoms with van der Waals surface area (Å²) < 4.78 is 7.33. The molecule has 1 aromatic carbocycles. The maximum atomic E-state index is 13.4. The molecule has 3 aliphatic carbocycles. The number of amides is 2. The third-order valence-corrected chi connectivity index (χ3v) is 8.98. The molecular formula is C31H41N3O4. The van der Waals surface area contributed by atoms with E-state index in [4.69, 9.17) is 4.74 Å². The second-order valence-corrected chi connectivity index (χ2v) is 11.9. The molecule has 0 aliphatic heterocycles. The van der Waals surface area contributed by atoms with Crippen LogP contribution in [0.5, 0.6) is 0 Å². The number of hydrogen-bond donors (Lipinski definition) is 2. The Kier molecular flexibility index (Phi) is 7.64. The molecule has 0 spiro atoms. The topological polar surface area (TPSA) is 89.4 Å². The maximum Gasteiger partial charge on any atom is 0.293 e. The zero-order chi connectivity index (χ0) is 26.9. The van der Waals surface area contributed by atoms with Gasteiger partial charge in [0.05, 0.1) is 5.56 Å². The largest absolute Gasteiger partial charge is 0.464 e. The Labute approximate surface area is 225 Å². The van der Waals surface area contributed by atoms with Crippen LogP contribution >= 0.6 is 0 Å². The van der Waals surface area contributed by atoms with E-state index in [-0.39, 0.29) is 29.4 Å². The average molecular weight is 520 g/mol. The number of nitrogens with zero attached hydrogens (tertiary/aromatic N) is 1. The van der Waals surface area contributed by atoms with E-state index in [1.165, 1.54) is 37.7 Å². The molecule has 2 N–H and O–H groups in total. The summed E-state index contributed by atoms with van der Waals surface area (Å²) in [5.74, 6) is 0.441. The number of rotatable bonds is 10. The summed E-state index contributed by atoms with van der Waals surface area (Å²) in [6, 6.07) is 8.30. The monoisotopic (exact) mass is 519 g/mol. The summed E-state index contributed by atoms with van der Waals surface area (Å²) in [7, 11) is 0. The SMILES string of the molecule is CCNC(=O)c1cc(-c2cc(C(=O)NC3CC(OC=O)C3)c(C)n2CC2CCCCC2)cc(C2(C)CC2)c1. The molecule has 1 heterocycles. The molecule has 0 saturated heterocycles. The molecule has 38 heavy (non-hydrogen) atoms. The lowest BCUT2D eigenvalue weighted by Gasteiger charge is -2.34. The Morgan fingerprint density at radius 2 is 1.82 bits per heavy atom. The minimum Gasteiger partial charge on any atom is -0.464 e. The van der Waals surface area contributed by atoms with Gasteiger partial charge in [0.2, 0.25) is 0 Å². The summed E-state index contributed by atoms with van der Waals surface area (Å²) in [4.78, 5) is 36.9. The maximum absolute atomic E-state index is 13.4. The van der Waals surface area contributed by atoms with Crippen molar-refractivity contribution >= 4 is 18.3 Å². The van der Waals surface area contributed by atoms with Gasteiger partial charge in [-0.1, -0.05) is 26.2 Å². The van der Waals surface area contributed by atoms with Gasteiger partial charge >= 0.3 is 0 Å². The Balaban J connectivity index is 1.51. The molecule has 3 aliphatic rings. The van der Waals surface area contributed by atoms with Gasteiger partial charge in [0.25, 0.3) is 18.3 Å². The molecule has 3 saturated carbocycles. The van der Waals surface area contributed by atoms with Crippen LogP contribution in [0.15, 0.2) is 24.3 Å². The van der Waals surface area contributed by atoms with Crippen molar-refractivity contribution in [3.63, 3.8) is 0 Å². The number of carbonyl (C=O) groups is 3. The standard InChI is InChI=1S/C31H41N3O4/c1-4-32-29(36)23-12-22(13-24(14-23)31(3)10-11-31)28-17-27(30(37)33-25-15-26(16-25)38-19-35)20(2)34(28)18-21-8-6-5-7-9-21/h12-14,17,19,21,25-26H,4-11,15-16,18H2,1-3H3,(H,32,36)(H,33,37). The molecule has 0 atom stereocenters. The van der Waals surface area contributed by atoms with Gasteiger partial charge in [0.1, 0.15) is 6.10 Å². The van der Waals surface area contributed by atoms with Crippen LogP contribution < -0.4 is 10.6 Å². The summed E-state index contributed by atoms with van der Waals surface area (Å²) in [5.41, 5.74) is 5.63. The van der Waals surface area contributed by atoms with Crippen LogP contribution in [0.1, 0.15) is 104 Å². The molecule has 5 rings (SSSR count). The molecule has 204 valence electrons. The van der Waals surface area contributed by atoms with Crippen LogP contribution in [0, 0.1) is 12.8 Å². The van der Waals surface area contributed by atoms with Crippen LogP contribution in [0.25, 0.3) is 11.3 Å². The number of benzene rings is 1. The van der Waals surface area contributed by atoms with Crippen LogP contribution in [0.2, 0.25) is 0 Å². The Bertz CT molecular complexity index is 1200. The number of carbonyl (C=O) groups excluding carboxylic acids is 3. The lowest BCUT2D eigenvalue weighted by Crippen LogP contribution is -2.47. The first-order valence-corrected chi connectivity index (χ1v) is 14.4. The molecule has 1 aromatic heterocycles. The molecular weight excluding hydrogens is 478 g/mol. The van der Waals surface area contributed by atoms with Crippen molar-refractivity contribution in [2.75, 3.05) is 6.54 Å². The van der Waals surface area contributed by atoms with Crippen LogP contribution in [-0.2, 0) is 21.5 Å². The third kappa shape index (κ3) is 5.52. The third-order valence-electron chi connectivity index (χ3n) is 8.98. The predicted molar refractivity (Wildman–Crippen MR) is 147 cm³/mol. The smallest absolute Gasteiger partial charge is 0.293 e. The second kappa shape index (κ2) is 11.0. The first-order valence-electron chi connectivity index (χ1n) is 14.4. The van der Waals surface area contributed by atoms with Gasteiger partial charge in [0, 0.05) is 48.9 Å². The molecule has 0 radical (unpaired) electrons. The van der Waals surface area contributed by atoms with Gasteiger partial charge in [-0.05, 0) is 86.3 Å². The van der Waals surface area contributed by atoms with Crippen LogP contribution in [-0.4, -0.2) is 41.5 Å². The highest BCUT2D eigenvalue weighted by Crippen LogP contribution is 2.48. The molecule has 0 bridgehead atoms. The first kappa shape index (κ1) is 26.5. The van der Waals surface area contributed by atoms with Gasteiger partial charge in [-0.3, -0.25) is 14.4 Å². The highest BCUT2D eigenvalue weighted by atomic mass is 16.5. The Morgan fingerprint density at radius 3 is 2.47 bits per heavy atom.